The molecule has 0 saturated carbocycles. The van der Waals surface area contributed by atoms with Gasteiger partial charge in [0.25, 0.3) is 5.91 Å². The molecule has 0 unspecified atom stereocenters. The fourth-order valence-electron chi connectivity index (χ4n) is 2.77. The molecule has 2 aromatic carbocycles. The largest absolute Gasteiger partial charge is 0.490 e. The van der Waals surface area contributed by atoms with E-state index in [-0.39, 0.29) is 23.9 Å². The van der Waals surface area contributed by atoms with Crippen LogP contribution in [0, 0.1) is 6.92 Å². The fourth-order valence-corrected chi connectivity index (χ4v) is 4.32. The van der Waals surface area contributed by atoms with Gasteiger partial charge >= 0.3 is 0 Å². The van der Waals surface area contributed by atoms with Crippen molar-refractivity contribution in [3.8, 4) is 5.75 Å². The van der Waals surface area contributed by atoms with Crippen molar-refractivity contribution in [2.75, 3.05) is 24.6 Å². The summed E-state index contributed by atoms with van der Waals surface area (Å²) in [5, 5.41) is 0.783. The van der Waals surface area contributed by atoms with E-state index >= 15 is 0 Å². The smallest absolute Gasteiger partial charge is 0.258 e. The lowest BCUT2D eigenvalue weighted by molar-refractivity contribution is 0.0976. The molecular formula is C18H18Cl2N2O4S. The molecule has 1 aliphatic heterocycles. The Bertz CT molecular complexity index is 985. The SMILES string of the molecule is CCNS(=O)(=O)c1ccc2c(c1)N(C(=O)c1cc(Cl)c(C)c(Cl)c1)CCO2. The van der Waals surface area contributed by atoms with Gasteiger partial charge in [-0.05, 0) is 42.8 Å². The van der Waals surface area contributed by atoms with Crippen molar-refractivity contribution in [3.63, 3.8) is 0 Å². The van der Waals surface area contributed by atoms with E-state index in [0.29, 0.717) is 39.2 Å². The van der Waals surface area contributed by atoms with Crippen LogP contribution in [0.15, 0.2) is 35.2 Å². The first-order chi connectivity index (χ1) is 12.7. The summed E-state index contributed by atoms with van der Waals surface area (Å²) in [7, 11) is -3.66. The molecule has 0 aliphatic carbocycles. The Balaban J connectivity index is 2.04. The fraction of sp³-hybridized carbons (Fsp3) is 0.278. The molecule has 1 aliphatic rings. The molecule has 1 heterocycles. The summed E-state index contributed by atoms with van der Waals surface area (Å²) in [6.07, 6.45) is 0. The number of anilines is 1. The van der Waals surface area contributed by atoms with Gasteiger partial charge in [-0.3, -0.25) is 4.79 Å². The minimum atomic E-state index is -3.66. The zero-order valence-corrected chi connectivity index (χ0v) is 17.1. The molecule has 1 N–H and O–H groups in total. The topological polar surface area (TPSA) is 75.7 Å². The average molecular weight is 429 g/mol. The Hall–Kier alpha value is -1.80. The monoisotopic (exact) mass is 428 g/mol. The number of benzene rings is 2. The van der Waals surface area contributed by atoms with Crippen LogP contribution in [0.5, 0.6) is 5.75 Å². The lowest BCUT2D eigenvalue weighted by atomic mass is 10.1. The molecule has 3 rings (SSSR count). The average Bonchev–Trinajstić information content (AvgIpc) is 2.64. The lowest BCUT2D eigenvalue weighted by Crippen LogP contribution is -2.38. The molecule has 0 atom stereocenters. The third-order valence-corrected chi connectivity index (χ3v) is 6.54. The molecule has 144 valence electrons. The van der Waals surface area contributed by atoms with Crippen molar-refractivity contribution < 1.29 is 17.9 Å². The maximum Gasteiger partial charge on any atom is 0.258 e. The summed E-state index contributed by atoms with van der Waals surface area (Å²) in [4.78, 5) is 14.6. The van der Waals surface area contributed by atoms with Gasteiger partial charge in [0.05, 0.1) is 17.1 Å². The zero-order chi connectivity index (χ0) is 19.8. The number of amides is 1. The van der Waals surface area contributed by atoms with Crippen molar-refractivity contribution in [2.45, 2.75) is 18.7 Å². The standard InChI is InChI=1S/C18H18Cl2N2O4S/c1-3-21-27(24,25)13-4-5-17-16(10-13)22(6-7-26-17)18(23)12-8-14(19)11(2)15(20)9-12/h4-5,8-10,21H,3,6-7H2,1-2H3. The first-order valence-corrected chi connectivity index (χ1v) is 10.5. The summed E-state index contributed by atoms with van der Waals surface area (Å²) >= 11 is 12.3. The van der Waals surface area contributed by atoms with Gasteiger partial charge in [0.15, 0.2) is 0 Å². The van der Waals surface area contributed by atoms with E-state index in [4.69, 9.17) is 27.9 Å². The molecule has 0 bridgehead atoms. The Morgan fingerprint density at radius 1 is 1.22 bits per heavy atom. The van der Waals surface area contributed by atoms with Crippen LogP contribution >= 0.6 is 23.2 Å². The highest BCUT2D eigenvalue weighted by Gasteiger charge is 2.27. The Kier molecular flexibility index (Phi) is 5.67. The van der Waals surface area contributed by atoms with E-state index in [9.17, 15) is 13.2 Å². The Labute approximate surface area is 168 Å². The molecular weight excluding hydrogens is 411 g/mol. The van der Waals surface area contributed by atoms with Crippen molar-refractivity contribution in [2.24, 2.45) is 0 Å². The zero-order valence-electron chi connectivity index (χ0n) is 14.8. The van der Waals surface area contributed by atoms with E-state index in [1.165, 1.54) is 17.0 Å². The second-order valence-corrected chi connectivity index (χ2v) is 8.58. The summed E-state index contributed by atoms with van der Waals surface area (Å²) in [5.74, 6) is 0.107. The van der Waals surface area contributed by atoms with Crippen LogP contribution in [0.3, 0.4) is 0 Å². The maximum atomic E-state index is 13.1. The second-order valence-electron chi connectivity index (χ2n) is 6.00. The van der Waals surface area contributed by atoms with Crippen molar-refractivity contribution in [1.82, 2.24) is 4.72 Å². The van der Waals surface area contributed by atoms with Crippen LogP contribution in [-0.2, 0) is 10.0 Å². The van der Waals surface area contributed by atoms with Gasteiger partial charge < -0.3 is 9.64 Å². The van der Waals surface area contributed by atoms with Crippen LogP contribution in [-0.4, -0.2) is 34.0 Å². The summed E-state index contributed by atoms with van der Waals surface area (Å²) in [6, 6.07) is 7.54. The van der Waals surface area contributed by atoms with Crippen molar-refractivity contribution >= 4 is 44.8 Å². The number of carbonyl (C=O) groups is 1. The number of hydrogen-bond acceptors (Lipinski definition) is 4. The normalized spacial score (nSPS) is 13.9. The third kappa shape index (κ3) is 3.91. The number of halogens is 2. The number of fused-ring (bicyclic) bond motifs is 1. The van der Waals surface area contributed by atoms with Gasteiger partial charge in [0.2, 0.25) is 10.0 Å². The molecule has 9 heteroatoms. The molecule has 2 aromatic rings. The molecule has 27 heavy (non-hydrogen) atoms. The number of nitrogens with zero attached hydrogens (tertiary/aromatic N) is 1. The van der Waals surface area contributed by atoms with Gasteiger partial charge in [-0.25, -0.2) is 13.1 Å². The summed E-state index contributed by atoms with van der Waals surface area (Å²) < 4.78 is 32.6. The molecule has 0 aromatic heterocycles. The Morgan fingerprint density at radius 3 is 2.52 bits per heavy atom. The third-order valence-electron chi connectivity index (χ3n) is 4.21. The quantitative estimate of drug-likeness (QED) is 0.806. The second kappa shape index (κ2) is 7.67. The maximum absolute atomic E-state index is 13.1. The molecule has 6 nitrogen and oxygen atoms in total. The first-order valence-electron chi connectivity index (χ1n) is 8.28. The highest BCUT2D eigenvalue weighted by molar-refractivity contribution is 7.89. The molecule has 0 spiro atoms. The van der Waals surface area contributed by atoms with Crippen LogP contribution in [0.2, 0.25) is 10.0 Å². The van der Waals surface area contributed by atoms with Gasteiger partial charge in [-0.15, -0.1) is 0 Å². The van der Waals surface area contributed by atoms with Crippen molar-refractivity contribution in [3.05, 3.63) is 51.5 Å². The minimum Gasteiger partial charge on any atom is -0.490 e. The van der Waals surface area contributed by atoms with E-state index in [1.807, 2.05) is 0 Å². The minimum absolute atomic E-state index is 0.0615. The molecule has 0 saturated heterocycles. The highest BCUT2D eigenvalue weighted by atomic mass is 35.5. The van der Waals surface area contributed by atoms with Gasteiger partial charge in [0.1, 0.15) is 12.4 Å². The van der Waals surface area contributed by atoms with E-state index in [2.05, 4.69) is 4.72 Å². The van der Waals surface area contributed by atoms with Crippen LogP contribution < -0.4 is 14.4 Å². The van der Waals surface area contributed by atoms with Crippen LogP contribution in [0.4, 0.5) is 5.69 Å². The number of nitrogens with one attached hydrogen (secondary N) is 1. The lowest BCUT2D eigenvalue weighted by Gasteiger charge is -2.30. The van der Waals surface area contributed by atoms with Gasteiger partial charge in [0, 0.05) is 22.2 Å². The first kappa shape index (κ1) is 19.9. The van der Waals surface area contributed by atoms with Gasteiger partial charge in [-0.1, -0.05) is 30.1 Å². The van der Waals surface area contributed by atoms with E-state index in [1.54, 1.807) is 32.0 Å². The molecule has 0 radical (unpaired) electrons. The van der Waals surface area contributed by atoms with Crippen molar-refractivity contribution in [1.29, 1.82) is 0 Å². The van der Waals surface area contributed by atoms with E-state index in [0.717, 1.165) is 0 Å². The van der Waals surface area contributed by atoms with E-state index < -0.39 is 10.0 Å². The number of hydrogen-bond donors (Lipinski definition) is 1. The highest BCUT2D eigenvalue weighted by Crippen LogP contribution is 2.35. The number of carbonyl (C=O) groups excluding carboxylic acids is 1. The molecule has 1 amide bonds. The number of sulfonamides is 1. The molecule has 0 fully saturated rings. The van der Waals surface area contributed by atoms with Crippen LogP contribution in [0.1, 0.15) is 22.8 Å². The Morgan fingerprint density at radius 2 is 1.89 bits per heavy atom. The summed E-state index contributed by atoms with van der Waals surface area (Å²) in [5.41, 5.74) is 1.40. The summed E-state index contributed by atoms with van der Waals surface area (Å²) in [6.45, 7) is 4.30. The van der Waals surface area contributed by atoms with Gasteiger partial charge in [-0.2, -0.15) is 0 Å². The predicted molar refractivity (Wildman–Crippen MR) is 106 cm³/mol. The number of rotatable bonds is 4. The van der Waals surface area contributed by atoms with Crippen LogP contribution in [0.25, 0.3) is 0 Å². The number of ether oxygens (including phenoxy) is 1. The predicted octanol–water partition coefficient (Wildman–Crippen LogP) is 3.64.